The number of carbonyl (C=O) groups is 1. The van der Waals surface area contributed by atoms with Crippen molar-refractivity contribution in [3.05, 3.63) is 68.7 Å². The summed E-state index contributed by atoms with van der Waals surface area (Å²) in [5.41, 5.74) is 2.31. The molecule has 0 spiro atoms. The summed E-state index contributed by atoms with van der Waals surface area (Å²) in [5, 5.41) is 12.9. The van der Waals surface area contributed by atoms with E-state index in [1.165, 1.54) is 0 Å². The highest BCUT2D eigenvalue weighted by molar-refractivity contribution is 9.10. The van der Waals surface area contributed by atoms with Crippen molar-refractivity contribution in [1.82, 2.24) is 5.32 Å². The summed E-state index contributed by atoms with van der Waals surface area (Å²) in [4.78, 5) is 10.8. The van der Waals surface area contributed by atoms with E-state index in [0.29, 0.717) is 13.1 Å². The first-order chi connectivity index (χ1) is 9.58. The molecule has 104 valence electrons. The minimum Gasteiger partial charge on any atom is -0.478 e. The van der Waals surface area contributed by atoms with Gasteiger partial charge in [-0.3, -0.25) is 0 Å². The van der Waals surface area contributed by atoms with Gasteiger partial charge in [0.2, 0.25) is 0 Å². The molecule has 0 radical (unpaired) electrons. The largest absolute Gasteiger partial charge is 0.478 e. The predicted octanol–water partition coefficient (Wildman–Crippen LogP) is 4.09. The number of benzene rings is 2. The van der Waals surface area contributed by atoms with E-state index in [-0.39, 0.29) is 5.56 Å². The van der Waals surface area contributed by atoms with Gasteiger partial charge < -0.3 is 10.4 Å². The number of aromatic carboxylic acids is 1. The van der Waals surface area contributed by atoms with Crippen LogP contribution in [0.25, 0.3) is 0 Å². The summed E-state index contributed by atoms with van der Waals surface area (Å²) >= 11 is 9.47. The van der Waals surface area contributed by atoms with Gasteiger partial charge in [0.1, 0.15) is 0 Å². The van der Waals surface area contributed by atoms with Gasteiger partial charge in [0.25, 0.3) is 0 Å². The minimum absolute atomic E-state index is 0.270. The fraction of sp³-hybridized carbons (Fsp3) is 0.133. The standard InChI is InChI=1S/C15H13BrClNO2/c16-13-7-10(15(19)20)5-6-11(13)8-18-9-12-3-1-2-4-14(12)17/h1-7,18H,8-9H2,(H,19,20). The molecule has 0 heterocycles. The summed E-state index contributed by atoms with van der Waals surface area (Å²) in [6.45, 7) is 1.29. The topological polar surface area (TPSA) is 49.3 Å². The molecular formula is C15H13BrClNO2. The second kappa shape index (κ2) is 6.88. The van der Waals surface area contributed by atoms with E-state index in [4.69, 9.17) is 16.7 Å². The van der Waals surface area contributed by atoms with Crippen molar-refractivity contribution >= 4 is 33.5 Å². The minimum atomic E-state index is -0.929. The first-order valence-corrected chi connectivity index (χ1v) is 7.21. The van der Waals surface area contributed by atoms with E-state index in [2.05, 4.69) is 21.2 Å². The van der Waals surface area contributed by atoms with Gasteiger partial charge >= 0.3 is 5.97 Å². The van der Waals surface area contributed by atoms with Gasteiger partial charge in [0.05, 0.1) is 5.56 Å². The van der Waals surface area contributed by atoms with Crippen molar-refractivity contribution in [2.75, 3.05) is 0 Å². The lowest BCUT2D eigenvalue weighted by molar-refractivity contribution is 0.0697. The molecule has 0 amide bonds. The number of hydrogen-bond donors (Lipinski definition) is 2. The van der Waals surface area contributed by atoms with E-state index >= 15 is 0 Å². The average Bonchev–Trinajstić information content (AvgIpc) is 2.42. The maximum absolute atomic E-state index is 10.8. The molecule has 0 fully saturated rings. The fourth-order valence-electron chi connectivity index (χ4n) is 1.80. The van der Waals surface area contributed by atoms with E-state index in [1.54, 1.807) is 18.2 Å². The molecule has 0 unspecified atom stereocenters. The number of hydrogen-bond acceptors (Lipinski definition) is 2. The monoisotopic (exact) mass is 353 g/mol. The third-order valence-electron chi connectivity index (χ3n) is 2.89. The van der Waals surface area contributed by atoms with Crippen molar-refractivity contribution in [1.29, 1.82) is 0 Å². The van der Waals surface area contributed by atoms with E-state index in [9.17, 15) is 4.79 Å². The molecule has 2 N–H and O–H groups in total. The Labute approximate surface area is 130 Å². The van der Waals surface area contributed by atoms with Crippen LogP contribution >= 0.6 is 27.5 Å². The fourth-order valence-corrected chi connectivity index (χ4v) is 2.52. The van der Waals surface area contributed by atoms with Gasteiger partial charge in [0, 0.05) is 22.6 Å². The Hall–Kier alpha value is -1.36. The number of halogens is 2. The Balaban J connectivity index is 1.98. The second-order valence-electron chi connectivity index (χ2n) is 4.31. The molecule has 2 aromatic carbocycles. The summed E-state index contributed by atoms with van der Waals surface area (Å²) in [5.74, 6) is -0.929. The van der Waals surface area contributed by atoms with Gasteiger partial charge in [-0.2, -0.15) is 0 Å². The highest BCUT2D eigenvalue weighted by Crippen LogP contribution is 2.19. The van der Waals surface area contributed by atoms with Crippen LogP contribution in [-0.4, -0.2) is 11.1 Å². The SMILES string of the molecule is O=C(O)c1ccc(CNCc2ccccc2Cl)c(Br)c1. The van der Waals surface area contributed by atoms with Crippen LogP contribution in [0.3, 0.4) is 0 Å². The quantitative estimate of drug-likeness (QED) is 0.850. The van der Waals surface area contributed by atoms with Crippen LogP contribution in [0, 0.1) is 0 Å². The van der Waals surface area contributed by atoms with Gasteiger partial charge in [-0.05, 0) is 29.3 Å². The summed E-state index contributed by atoms with van der Waals surface area (Å²) < 4.78 is 0.782. The maximum atomic E-state index is 10.8. The lowest BCUT2D eigenvalue weighted by atomic mass is 10.1. The van der Waals surface area contributed by atoms with Crippen molar-refractivity contribution < 1.29 is 9.90 Å². The molecule has 0 saturated carbocycles. The number of carboxylic acids is 1. The van der Waals surface area contributed by atoms with Gasteiger partial charge in [0.15, 0.2) is 0 Å². The first-order valence-electron chi connectivity index (χ1n) is 6.04. The third kappa shape index (κ3) is 3.82. The molecule has 20 heavy (non-hydrogen) atoms. The molecule has 0 aliphatic carbocycles. The molecule has 3 nitrogen and oxygen atoms in total. The van der Waals surface area contributed by atoms with Crippen molar-refractivity contribution in [3.63, 3.8) is 0 Å². The molecule has 0 atom stereocenters. The van der Waals surface area contributed by atoms with Crippen LogP contribution in [0.15, 0.2) is 46.9 Å². The lowest BCUT2D eigenvalue weighted by Gasteiger charge is -2.09. The molecule has 0 aliphatic heterocycles. The van der Waals surface area contributed by atoms with Crippen LogP contribution in [0.5, 0.6) is 0 Å². The molecule has 0 aliphatic rings. The highest BCUT2D eigenvalue weighted by Gasteiger charge is 2.06. The van der Waals surface area contributed by atoms with Gasteiger partial charge in [-0.25, -0.2) is 4.79 Å². The zero-order valence-corrected chi connectivity index (χ0v) is 12.9. The Morgan fingerprint density at radius 1 is 1.15 bits per heavy atom. The molecule has 2 aromatic rings. The predicted molar refractivity (Wildman–Crippen MR) is 83.1 cm³/mol. The number of carboxylic acid groups (broad SMARTS) is 1. The van der Waals surface area contributed by atoms with Crippen LogP contribution in [0.1, 0.15) is 21.5 Å². The normalized spacial score (nSPS) is 10.5. The Bertz CT molecular complexity index is 631. The summed E-state index contributed by atoms with van der Waals surface area (Å²) in [6, 6.07) is 12.7. The Kier molecular flexibility index (Phi) is 5.17. The number of rotatable bonds is 5. The molecule has 0 aromatic heterocycles. The smallest absolute Gasteiger partial charge is 0.335 e. The molecule has 0 saturated heterocycles. The van der Waals surface area contributed by atoms with E-state index in [0.717, 1.165) is 20.6 Å². The molecular weight excluding hydrogens is 342 g/mol. The number of nitrogens with one attached hydrogen (secondary N) is 1. The van der Waals surface area contributed by atoms with Gasteiger partial charge in [-0.15, -0.1) is 0 Å². The first kappa shape index (κ1) is 15.0. The lowest BCUT2D eigenvalue weighted by Crippen LogP contribution is -2.13. The van der Waals surface area contributed by atoms with Crippen LogP contribution in [-0.2, 0) is 13.1 Å². The van der Waals surface area contributed by atoms with E-state index < -0.39 is 5.97 Å². The van der Waals surface area contributed by atoms with Crippen LogP contribution in [0.4, 0.5) is 0 Å². The van der Waals surface area contributed by atoms with Crippen LogP contribution in [0.2, 0.25) is 5.02 Å². The van der Waals surface area contributed by atoms with E-state index in [1.807, 2.05) is 24.3 Å². The highest BCUT2D eigenvalue weighted by atomic mass is 79.9. The van der Waals surface area contributed by atoms with Crippen LogP contribution < -0.4 is 5.32 Å². The van der Waals surface area contributed by atoms with Crippen molar-refractivity contribution in [2.45, 2.75) is 13.1 Å². The summed E-state index contributed by atoms with van der Waals surface area (Å²) in [6.07, 6.45) is 0. The average molecular weight is 355 g/mol. The van der Waals surface area contributed by atoms with Crippen molar-refractivity contribution in [3.8, 4) is 0 Å². The van der Waals surface area contributed by atoms with Gasteiger partial charge in [-0.1, -0.05) is 51.8 Å². The molecule has 0 bridgehead atoms. The van der Waals surface area contributed by atoms with Crippen molar-refractivity contribution in [2.24, 2.45) is 0 Å². The zero-order chi connectivity index (χ0) is 14.5. The third-order valence-corrected chi connectivity index (χ3v) is 4.00. The summed E-state index contributed by atoms with van der Waals surface area (Å²) in [7, 11) is 0. The molecule has 2 rings (SSSR count). The second-order valence-corrected chi connectivity index (χ2v) is 5.57. The maximum Gasteiger partial charge on any atom is 0.335 e. The Morgan fingerprint density at radius 3 is 2.50 bits per heavy atom. The zero-order valence-electron chi connectivity index (χ0n) is 10.6. The Morgan fingerprint density at radius 2 is 1.85 bits per heavy atom. The molecule has 5 heteroatoms.